The molecule has 10 heteroatoms. The van der Waals surface area contributed by atoms with Gasteiger partial charge in [0.25, 0.3) is 10.1 Å². The van der Waals surface area contributed by atoms with Gasteiger partial charge in [-0.15, -0.1) is 0 Å². The van der Waals surface area contributed by atoms with E-state index in [2.05, 4.69) is 0 Å². The third-order valence-corrected chi connectivity index (χ3v) is 3.54. The molecule has 0 saturated carbocycles. The van der Waals surface area contributed by atoms with Crippen LogP contribution in [0, 0.1) is 0 Å². The molecular weight excluding hydrogens is 257 g/mol. The van der Waals surface area contributed by atoms with Crippen molar-refractivity contribution in [1.82, 2.24) is 4.90 Å². The van der Waals surface area contributed by atoms with Crippen molar-refractivity contribution in [2.75, 3.05) is 26.4 Å². The van der Waals surface area contributed by atoms with Crippen molar-refractivity contribution in [1.29, 1.82) is 0 Å². The summed E-state index contributed by atoms with van der Waals surface area (Å²) >= 11 is 0. The third kappa shape index (κ3) is 9.69. The summed E-state index contributed by atoms with van der Waals surface area (Å²) in [5.74, 6) is -1.07. The van der Waals surface area contributed by atoms with Gasteiger partial charge in [0.2, 0.25) is 0 Å². The Morgan fingerprint density at radius 3 is 1.87 bits per heavy atom. The van der Waals surface area contributed by atoms with Gasteiger partial charge >= 0.3 is 29.6 Å². The minimum Gasteiger partial charge on any atom is -0.748 e. The summed E-state index contributed by atoms with van der Waals surface area (Å²) in [6.45, 7) is -0.244. The first-order valence-corrected chi connectivity index (χ1v) is 6.65. The SMILES string of the molecule is CN(C)CC(CS(=O)(=O)O)S(=O)(=O)[O-].[Na+]. The van der Waals surface area contributed by atoms with Crippen LogP contribution in [0.4, 0.5) is 0 Å². The smallest absolute Gasteiger partial charge is 0.748 e. The van der Waals surface area contributed by atoms with E-state index < -0.39 is 31.2 Å². The van der Waals surface area contributed by atoms with Crippen LogP contribution >= 0.6 is 0 Å². The first kappa shape index (κ1) is 18.2. The van der Waals surface area contributed by atoms with Gasteiger partial charge in [-0.05, 0) is 14.1 Å². The topological polar surface area (TPSA) is 115 Å². The standard InChI is InChI=1S/C5H13NO6S2.Na/c1-6(2)3-5(14(10,11)12)4-13(7,8)9;/h5H,3-4H2,1-2H3,(H,7,8,9)(H,10,11,12);/q;+1/p-1. The largest absolute Gasteiger partial charge is 1.00 e. The second kappa shape index (κ2) is 6.50. The Morgan fingerprint density at radius 2 is 1.67 bits per heavy atom. The Labute approximate surface area is 112 Å². The fourth-order valence-corrected chi connectivity index (χ4v) is 3.11. The first-order chi connectivity index (χ1) is 6.02. The molecule has 15 heavy (non-hydrogen) atoms. The molecule has 0 fully saturated rings. The van der Waals surface area contributed by atoms with Gasteiger partial charge in [-0.3, -0.25) is 4.55 Å². The average molecular weight is 269 g/mol. The van der Waals surface area contributed by atoms with Crippen molar-refractivity contribution in [2.45, 2.75) is 5.25 Å². The molecule has 0 heterocycles. The maximum absolute atomic E-state index is 10.6. The maximum atomic E-state index is 10.6. The van der Waals surface area contributed by atoms with Crippen molar-refractivity contribution < 1.29 is 55.5 Å². The molecule has 0 aliphatic carbocycles. The summed E-state index contributed by atoms with van der Waals surface area (Å²) in [4.78, 5) is 1.35. The van der Waals surface area contributed by atoms with Gasteiger partial charge in [0.05, 0.1) is 21.1 Å². The number of hydrogen-bond acceptors (Lipinski definition) is 6. The minimum absolute atomic E-state index is 0. The van der Waals surface area contributed by atoms with E-state index in [0.717, 1.165) is 0 Å². The minimum atomic E-state index is -4.72. The molecule has 0 spiro atoms. The fourth-order valence-electron chi connectivity index (χ4n) is 0.870. The van der Waals surface area contributed by atoms with Crippen molar-refractivity contribution >= 4 is 20.2 Å². The predicted molar refractivity (Wildman–Crippen MR) is 48.5 cm³/mol. The molecule has 0 aromatic rings. The van der Waals surface area contributed by atoms with Crippen LogP contribution in [0.2, 0.25) is 0 Å². The average Bonchev–Trinajstić information content (AvgIpc) is 1.78. The van der Waals surface area contributed by atoms with Crippen LogP contribution in [-0.4, -0.2) is 62.5 Å². The first-order valence-electron chi connectivity index (χ1n) is 3.57. The molecule has 1 N–H and O–H groups in total. The van der Waals surface area contributed by atoms with Crippen LogP contribution in [0.3, 0.4) is 0 Å². The van der Waals surface area contributed by atoms with Crippen LogP contribution in [-0.2, 0) is 20.2 Å². The van der Waals surface area contributed by atoms with Gasteiger partial charge in [-0.25, -0.2) is 8.42 Å². The Kier molecular flexibility index (Phi) is 7.87. The van der Waals surface area contributed by atoms with E-state index in [0.29, 0.717) is 0 Å². The second-order valence-corrected chi connectivity index (χ2v) is 6.28. The molecule has 1 atom stereocenters. The molecule has 0 amide bonds. The Bertz CT molecular complexity index is 374. The molecule has 0 bridgehead atoms. The monoisotopic (exact) mass is 269 g/mol. The van der Waals surface area contributed by atoms with E-state index in [-0.39, 0.29) is 36.1 Å². The van der Waals surface area contributed by atoms with E-state index in [1.54, 1.807) is 0 Å². The van der Waals surface area contributed by atoms with E-state index >= 15 is 0 Å². The summed E-state index contributed by atoms with van der Waals surface area (Å²) in [5.41, 5.74) is 0. The van der Waals surface area contributed by atoms with Gasteiger partial charge in [0, 0.05) is 6.54 Å². The zero-order chi connectivity index (χ0) is 11.6. The molecule has 0 aromatic carbocycles. The van der Waals surface area contributed by atoms with Crippen LogP contribution < -0.4 is 29.6 Å². The quantitative estimate of drug-likeness (QED) is 0.394. The van der Waals surface area contributed by atoms with Crippen molar-refractivity contribution in [3.63, 3.8) is 0 Å². The van der Waals surface area contributed by atoms with Crippen LogP contribution in [0.15, 0.2) is 0 Å². The fraction of sp³-hybridized carbons (Fsp3) is 1.00. The molecular formula is C5H12NNaO6S2. The molecule has 0 rings (SSSR count). The summed E-state index contributed by atoms with van der Waals surface area (Å²) < 4.78 is 61.0. The van der Waals surface area contributed by atoms with Gasteiger partial charge < -0.3 is 9.45 Å². The molecule has 0 aromatic heterocycles. The maximum Gasteiger partial charge on any atom is 1.00 e. The number of hydrogen-bond donors (Lipinski definition) is 1. The van der Waals surface area contributed by atoms with Gasteiger partial charge in [0.15, 0.2) is 0 Å². The third-order valence-electron chi connectivity index (χ3n) is 1.37. The molecule has 86 valence electrons. The zero-order valence-corrected chi connectivity index (χ0v) is 12.4. The normalized spacial score (nSPS) is 14.7. The van der Waals surface area contributed by atoms with Crippen molar-refractivity contribution in [3.05, 3.63) is 0 Å². The Morgan fingerprint density at radius 1 is 1.27 bits per heavy atom. The molecule has 7 nitrogen and oxygen atoms in total. The number of nitrogens with zero attached hydrogens (tertiary/aromatic N) is 1. The van der Waals surface area contributed by atoms with Gasteiger partial charge in [-0.1, -0.05) is 0 Å². The van der Waals surface area contributed by atoms with Crippen LogP contribution in [0.25, 0.3) is 0 Å². The molecule has 0 saturated heterocycles. The van der Waals surface area contributed by atoms with Crippen LogP contribution in [0.1, 0.15) is 0 Å². The van der Waals surface area contributed by atoms with Crippen LogP contribution in [0.5, 0.6) is 0 Å². The van der Waals surface area contributed by atoms with Gasteiger partial charge in [0.1, 0.15) is 0 Å². The van der Waals surface area contributed by atoms with E-state index in [9.17, 15) is 21.4 Å². The molecule has 1 unspecified atom stereocenters. The predicted octanol–water partition coefficient (Wildman–Crippen LogP) is -4.65. The Balaban J connectivity index is 0. The zero-order valence-electron chi connectivity index (χ0n) is 8.74. The van der Waals surface area contributed by atoms with E-state index in [1.807, 2.05) is 0 Å². The second-order valence-electron chi connectivity index (χ2n) is 3.13. The van der Waals surface area contributed by atoms with E-state index in [4.69, 9.17) is 4.55 Å². The summed E-state index contributed by atoms with van der Waals surface area (Å²) in [7, 11) is -6.21. The summed E-state index contributed by atoms with van der Waals surface area (Å²) in [6.07, 6.45) is 0. The van der Waals surface area contributed by atoms with Crippen molar-refractivity contribution in [2.24, 2.45) is 0 Å². The number of rotatable bonds is 5. The Hall–Kier alpha value is 0.780. The summed E-state index contributed by atoms with van der Waals surface area (Å²) in [5, 5.41) is -1.65. The molecule has 0 aliphatic rings. The molecule has 0 aliphatic heterocycles. The van der Waals surface area contributed by atoms with Crippen molar-refractivity contribution in [3.8, 4) is 0 Å². The molecule has 0 radical (unpaired) electrons. The van der Waals surface area contributed by atoms with E-state index in [1.165, 1.54) is 19.0 Å². The van der Waals surface area contributed by atoms with Gasteiger partial charge in [-0.2, -0.15) is 8.42 Å². The summed E-state index contributed by atoms with van der Waals surface area (Å²) in [6, 6.07) is 0.